The predicted octanol–water partition coefficient (Wildman–Crippen LogP) is 4.62. The normalized spacial score (nSPS) is 11.7. The van der Waals surface area contributed by atoms with Crippen LogP contribution in [0.4, 0.5) is 4.79 Å². The molecule has 0 aliphatic heterocycles. The van der Waals surface area contributed by atoms with E-state index < -0.39 is 23.7 Å². The second-order valence-corrected chi connectivity index (χ2v) is 8.53. The number of fused-ring (bicyclic) bond motifs is 1. The maximum Gasteiger partial charge on any atom is 0.408 e. The lowest BCUT2D eigenvalue weighted by Gasteiger charge is -2.18. The Labute approximate surface area is 196 Å². The van der Waals surface area contributed by atoms with Crippen molar-refractivity contribution in [2.75, 3.05) is 12.0 Å². The molecular formula is C25H27NO6S. The fraction of sp³-hybridized carbons (Fsp3) is 0.320. The van der Waals surface area contributed by atoms with Crippen molar-refractivity contribution in [1.82, 2.24) is 5.32 Å². The van der Waals surface area contributed by atoms with Crippen LogP contribution < -0.4 is 15.7 Å². The molecular weight excluding hydrogens is 442 g/mol. The van der Waals surface area contributed by atoms with Gasteiger partial charge < -0.3 is 19.2 Å². The SMILES string of the molecule is CCc1cc(=O)oc2cc(C)cc(OC(=O)[C@H](CCSC)NC(=O)OCc3ccccc3)c12. The summed E-state index contributed by atoms with van der Waals surface area (Å²) in [6.07, 6.45) is 2.16. The van der Waals surface area contributed by atoms with E-state index in [9.17, 15) is 14.4 Å². The topological polar surface area (TPSA) is 94.8 Å². The molecule has 1 heterocycles. The quantitative estimate of drug-likeness (QED) is 0.278. The Morgan fingerprint density at radius 2 is 1.91 bits per heavy atom. The largest absolute Gasteiger partial charge is 0.445 e. The second kappa shape index (κ2) is 11.6. The molecule has 0 saturated heterocycles. The third-order valence-electron chi connectivity index (χ3n) is 5.03. The van der Waals surface area contributed by atoms with Crippen LogP contribution in [0.15, 0.2) is 57.7 Å². The van der Waals surface area contributed by atoms with Crippen molar-refractivity contribution in [3.63, 3.8) is 0 Å². The smallest absolute Gasteiger partial charge is 0.408 e. The molecule has 0 saturated carbocycles. The molecule has 1 aromatic heterocycles. The Morgan fingerprint density at radius 1 is 1.15 bits per heavy atom. The summed E-state index contributed by atoms with van der Waals surface area (Å²) >= 11 is 1.55. The van der Waals surface area contributed by atoms with Gasteiger partial charge >= 0.3 is 17.7 Å². The summed E-state index contributed by atoms with van der Waals surface area (Å²) in [6.45, 7) is 3.82. The van der Waals surface area contributed by atoms with E-state index in [2.05, 4.69) is 5.32 Å². The first-order chi connectivity index (χ1) is 15.9. The van der Waals surface area contributed by atoms with E-state index in [0.29, 0.717) is 35.3 Å². The lowest BCUT2D eigenvalue weighted by molar-refractivity contribution is -0.136. The van der Waals surface area contributed by atoms with Gasteiger partial charge in [-0.2, -0.15) is 11.8 Å². The first-order valence-electron chi connectivity index (χ1n) is 10.7. The van der Waals surface area contributed by atoms with Gasteiger partial charge in [-0.1, -0.05) is 37.3 Å². The molecule has 1 amide bonds. The summed E-state index contributed by atoms with van der Waals surface area (Å²) < 4.78 is 16.3. The highest BCUT2D eigenvalue weighted by Gasteiger charge is 2.25. The van der Waals surface area contributed by atoms with E-state index >= 15 is 0 Å². The lowest BCUT2D eigenvalue weighted by Crippen LogP contribution is -2.43. The number of thioether (sulfide) groups is 1. The number of nitrogens with one attached hydrogen (secondary N) is 1. The fourth-order valence-electron chi connectivity index (χ4n) is 3.40. The number of hydrogen-bond donors (Lipinski definition) is 1. The minimum absolute atomic E-state index is 0.0956. The number of carbonyl (C=O) groups is 2. The van der Waals surface area contributed by atoms with Crippen molar-refractivity contribution in [3.05, 3.63) is 75.6 Å². The van der Waals surface area contributed by atoms with E-state index in [1.165, 1.54) is 6.07 Å². The first-order valence-corrected chi connectivity index (χ1v) is 12.1. The van der Waals surface area contributed by atoms with Gasteiger partial charge in [-0.15, -0.1) is 0 Å². The van der Waals surface area contributed by atoms with Crippen molar-refractivity contribution in [2.24, 2.45) is 0 Å². The highest BCUT2D eigenvalue weighted by molar-refractivity contribution is 7.98. The summed E-state index contributed by atoms with van der Waals surface area (Å²) in [5, 5.41) is 3.20. The minimum Gasteiger partial charge on any atom is -0.445 e. The van der Waals surface area contributed by atoms with Crippen LogP contribution in [0.5, 0.6) is 5.75 Å². The number of hydrogen-bond acceptors (Lipinski definition) is 7. The van der Waals surface area contributed by atoms with E-state index in [0.717, 1.165) is 16.7 Å². The average Bonchev–Trinajstić information content (AvgIpc) is 2.79. The molecule has 0 fully saturated rings. The van der Waals surface area contributed by atoms with Crippen molar-refractivity contribution < 1.29 is 23.5 Å². The molecule has 0 aliphatic rings. The van der Waals surface area contributed by atoms with Crippen molar-refractivity contribution in [3.8, 4) is 5.75 Å². The third-order valence-corrected chi connectivity index (χ3v) is 5.67. The standard InChI is InChI=1S/C25H27NO6S/c1-4-18-14-22(27)31-20-12-16(2)13-21(23(18)20)32-24(28)19(10-11-33-3)26-25(29)30-15-17-8-6-5-7-9-17/h5-9,12-14,19H,4,10-11,15H2,1-3H3,(H,26,29)/t19-/m0/s1. The highest BCUT2D eigenvalue weighted by Crippen LogP contribution is 2.30. The summed E-state index contributed by atoms with van der Waals surface area (Å²) in [4.78, 5) is 37.3. The van der Waals surface area contributed by atoms with Gasteiger partial charge in [0, 0.05) is 6.07 Å². The summed E-state index contributed by atoms with van der Waals surface area (Å²) in [7, 11) is 0. The number of carbonyl (C=O) groups excluding carboxylic acids is 2. The zero-order valence-corrected chi connectivity index (χ0v) is 19.7. The van der Waals surface area contributed by atoms with Crippen LogP contribution in [-0.4, -0.2) is 30.1 Å². The van der Waals surface area contributed by atoms with Gasteiger partial charge in [0.1, 0.15) is 24.0 Å². The Morgan fingerprint density at radius 3 is 2.61 bits per heavy atom. The minimum atomic E-state index is -0.892. The Kier molecular flexibility index (Phi) is 8.54. The number of benzene rings is 2. The van der Waals surface area contributed by atoms with Crippen molar-refractivity contribution in [1.29, 1.82) is 0 Å². The lowest BCUT2D eigenvalue weighted by atomic mass is 10.0. The van der Waals surface area contributed by atoms with Crippen LogP contribution in [0.25, 0.3) is 11.0 Å². The van der Waals surface area contributed by atoms with Crippen LogP contribution in [0.3, 0.4) is 0 Å². The van der Waals surface area contributed by atoms with E-state index in [4.69, 9.17) is 13.9 Å². The van der Waals surface area contributed by atoms with Crippen molar-refractivity contribution >= 4 is 34.8 Å². The zero-order valence-electron chi connectivity index (χ0n) is 18.9. The van der Waals surface area contributed by atoms with Gasteiger partial charge in [0.2, 0.25) is 0 Å². The van der Waals surface area contributed by atoms with Gasteiger partial charge in [0.05, 0.1) is 5.39 Å². The molecule has 3 rings (SSSR count). The highest BCUT2D eigenvalue weighted by atomic mass is 32.2. The van der Waals surface area contributed by atoms with E-state index in [-0.39, 0.29) is 6.61 Å². The molecule has 1 N–H and O–H groups in total. The summed E-state index contributed by atoms with van der Waals surface area (Å²) in [5.74, 6) is 0.327. The molecule has 3 aromatic rings. The van der Waals surface area contributed by atoms with E-state index in [1.807, 2.05) is 50.4 Å². The molecule has 8 heteroatoms. The Hall–Kier alpha value is -3.26. The molecule has 0 unspecified atom stereocenters. The Balaban J connectivity index is 1.79. The maximum absolute atomic E-state index is 13.1. The Bertz CT molecular complexity index is 1170. The fourth-order valence-corrected chi connectivity index (χ4v) is 3.87. The molecule has 7 nitrogen and oxygen atoms in total. The van der Waals surface area contributed by atoms with Gasteiger partial charge in [-0.25, -0.2) is 14.4 Å². The summed E-state index contributed by atoms with van der Waals surface area (Å²) in [6, 6.07) is 13.2. The number of aryl methyl sites for hydroxylation is 2. The molecule has 174 valence electrons. The van der Waals surface area contributed by atoms with Crippen LogP contribution in [0.1, 0.15) is 30.0 Å². The average molecular weight is 470 g/mol. The van der Waals surface area contributed by atoms with Crippen LogP contribution >= 0.6 is 11.8 Å². The molecule has 0 aliphatic carbocycles. The molecule has 1 atom stereocenters. The zero-order chi connectivity index (χ0) is 23.8. The number of ether oxygens (including phenoxy) is 2. The number of amides is 1. The molecule has 33 heavy (non-hydrogen) atoms. The number of esters is 1. The second-order valence-electron chi connectivity index (χ2n) is 7.54. The van der Waals surface area contributed by atoms with Crippen LogP contribution in [0, 0.1) is 6.92 Å². The number of rotatable bonds is 9. The summed E-state index contributed by atoms with van der Waals surface area (Å²) in [5.41, 5.74) is 2.24. The molecule has 2 aromatic carbocycles. The van der Waals surface area contributed by atoms with Crippen LogP contribution in [0.2, 0.25) is 0 Å². The first kappa shape index (κ1) is 24.4. The maximum atomic E-state index is 13.1. The third kappa shape index (κ3) is 6.61. The van der Waals surface area contributed by atoms with Gasteiger partial charge in [0.25, 0.3) is 0 Å². The van der Waals surface area contributed by atoms with Gasteiger partial charge in [0.15, 0.2) is 0 Å². The van der Waals surface area contributed by atoms with Gasteiger partial charge in [-0.3, -0.25) is 0 Å². The van der Waals surface area contributed by atoms with Crippen LogP contribution in [-0.2, 0) is 22.6 Å². The predicted molar refractivity (Wildman–Crippen MR) is 129 cm³/mol. The molecule has 0 radical (unpaired) electrons. The van der Waals surface area contributed by atoms with Crippen molar-refractivity contribution in [2.45, 2.75) is 39.3 Å². The molecule has 0 bridgehead atoms. The molecule has 0 spiro atoms. The number of alkyl carbamates (subject to hydrolysis) is 1. The van der Waals surface area contributed by atoms with E-state index in [1.54, 1.807) is 23.9 Å². The monoisotopic (exact) mass is 469 g/mol. The van der Waals surface area contributed by atoms with Gasteiger partial charge in [-0.05, 0) is 60.6 Å².